The maximum absolute atomic E-state index is 14.9. The maximum Gasteiger partial charge on any atom is 0.238 e. The number of nitrogens with one attached hydrogen (secondary N) is 2. The molecule has 268 valence electrons. The summed E-state index contributed by atoms with van der Waals surface area (Å²) >= 11 is 0. The van der Waals surface area contributed by atoms with Gasteiger partial charge in [-0.1, -0.05) is 18.6 Å². The van der Waals surface area contributed by atoms with Crippen LogP contribution in [0.3, 0.4) is 0 Å². The Bertz CT molecular complexity index is 1880. The summed E-state index contributed by atoms with van der Waals surface area (Å²) in [5.41, 5.74) is 5.16. The molecule has 1 amide bonds. The number of hydrogen-bond acceptors (Lipinski definition) is 8. The van der Waals surface area contributed by atoms with E-state index in [1.165, 1.54) is 19.3 Å². The summed E-state index contributed by atoms with van der Waals surface area (Å²) in [4.78, 5) is 29.7. The number of anilines is 2. The number of rotatable bonds is 8. The summed E-state index contributed by atoms with van der Waals surface area (Å²) in [7, 11) is -3.40. The van der Waals surface area contributed by atoms with Crippen molar-refractivity contribution in [1.29, 1.82) is 0 Å². The first kappa shape index (κ1) is 32.8. The largest absolute Gasteiger partial charge is 0.366 e. The van der Waals surface area contributed by atoms with Crippen LogP contribution >= 0.6 is 0 Å². The molecule has 0 bridgehead atoms. The van der Waals surface area contributed by atoms with Crippen LogP contribution < -0.4 is 15.5 Å². The number of amides is 1. The predicted molar refractivity (Wildman–Crippen MR) is 197 cm³/mol. The van der Waals surface area contributed by atoms with Gasteiger partial charge < -0.3 is 25.0 Å². The second-order valence-corrected chi connectivity index (χ2v) is 18.4. The highest BCUT2D eigenvalue weighted by Crippen LogP contribution is 2.52. The number of sulfonamides is 1. The minimum absolute atomic E-state index is 0.156. The fourth-order valence-corrected chi connectivity index (χ4v) is 11.4. The van der Waals surface area contributed by atoms with Gasteiger partial charge in [-0.15, -0.1) is 0 Å². The van der Waals surface area contributed by atoms with Crippen LogP contribution in [0.1, 0.15) is 96.1 Å². The van der Waals surface area contributed by atoms with Crippen molar-refractivity contribution in [1.82, 2.24) is 29.1 Å². The molecule has 1 spiro atoms. The third-order valence-electron chi connectivity index (χ3n) is 12.7. The van der Waals surface area contributed by atoms with E-state index in [9.17, 15) is 13.2 Å². The molecule has 2 aromatic heterocycles. The molecule has 3 saturated heterocycles. The van der Waals surface area contributed by atoms with Gasteiger partial charge in [0.25, 0.3) is 0 Å². The minimum atomic E-state index is -3.40. The molecule has 0 unspecified atom stereocenters. The van der Waals surface area contributed by atoms with Gasteiger partial charge in [-0.05, 0) is 122 Å². The van der Waals surface area contributed by atoms with Crippen molar-refractivity contribution in [2.75, 3.05) is 49.5 Å². The van der Waals surface area contributed by atoms with Crippen molar-refractivity contribution in [2.45, 2.75) is 119 Å². The van der Waals surface area contributed by atoms with Gasteiger partial charge in [-0.25, -0.2) is 22.7 Å². The first-order valence-electron chi connectivity index (χ1n) is 19.3. The van der Waals surface area contributed by atoms with E-state index in [4.69, 9.17) is 9.97 Å². The van der Waals surface area contributed by atoms with Crippen LogP contribution in [0.5, 0.6) is 0 Å². The van der Waals surface area contributed by atoms with Gasteiger partial charge in [0.15, 0.2) is 5.82 Å². The Balaban J connectivity index is 1.06. The molecular weight excluding hydrogens is 649 g/mol. The molecule has 1 aromatic carbocycles. The van der Waals surface area contributed by atoms with Gasteiger partial charge in [-0.2, -0.15) is 0 Å². The monoisotopic (exact) mass is 700 g/mol. The number of likely N-dealkylation sites (tertiary alicyclic amines) is 1. The molecule has 2 N–H and O–H groups in total. The molecule has 0 atom stereocenters. The molecule has 6 aliphatic rings. The van der Waals surface area contributed by atoms with Gasteiger partial charge in [0.05, 0.1) is 28.2 Å². The van der Waals surface area contributed by atoms with E-state index in [0.717, 1.165) is 91.2 Å². The smallest absolute Gasteiger partial charge is 0.238 e. The number of imidazole rings is 1. The average molecular weight is 701 g/mol. The lowest BCUT2D eigenvalue weighted by atomic mass is 9.73. The summed E-state index contributed by atoms with van der Waals surface area (Å²) in [5, 5.41) is 6.64. The van der Waals surface area contributed by atoms with Crippen LogP contribution in [-0.4, -0.2) is 101 Å². The van der Waals surface area contributed by atoms with E-state index >= 15 is 0 Å². The number of carbonyl (C=O) groups is 1. The molecule has 6 heterocycles. The van der Waals surface area contributed by atoms with E-state index < -0.39 is 15.4 Å². The van der Waals surface area contributed by atoms with Gasteiger partial charge in [0, 0.05) is 48.5 Å². The van der Waals surface area contributed by atoms with Crippen LogP contribution in [0.2, 0.25) is 0 Å². The summed E-state index contributed by atoms with van der Waals surface area (Å²) in [6.45, 7) is 8.92. The zero-order valence-corrected chi connectivity index (χ0v) is 30.4. The molecule has 11 nitrogen and oxygen atoms in total. The quantitative estimate of drug-likeness (QED) is 0.337. The van der Waals surface area contributed by atoms with Crippen LogP contribution in [-0.2, 0) is 20.2 Å². The molecule has 12 heteroatoms. The SMILES string of the molecule is CC(C)n1cnc2cc(-c3ccc4c(c3)N(C3CC(N5CCCCC5)C3)C(=O)C43CCN(S(=O)(=O)C4CCNCC4)CC3)nc(NC3CC3)c21. The first-order chi connectivity index (χ1) is 24.2. The molecule has 2 aliphatic carbocycles. The molecule has 5 fully saturated rings. The molecule has 2 saturated carbocycles. The zero-order chi connectivity index (χ0) is 34.2. The maximum atomic E-state index is 14.9. The number of fused-ring (bicyclic) bond motifs is 3. The van der Waals surface area contributed by atoms with E-state index in [1.807, 2.05) is 6.33 Å². The summed E-state index contributed by atoms with van der Waals surface area (Å²) in [6.07, 6.45) is 12.4. The Labute approximate surface area is 296 Å². The number of aromatic nitrogens is 3. The first-order valence-corrected chi connectivity index (χ1v) is 20.8. The highest BCUT2D eigenvalue weighted by atomic mass is 32.2. The average Bonchev–Trinajstić information content (AvgIpc) is 3.78. The predicted octanol–water partition coefficient (Wildman–Crippen LogP) is 5.03. The second kappa shape index (κ2) is 12.6. The van der Waals surface area contributed by atoms with Crippen molar-refractivity contribution >= 4 is 38.5 Å². The molecule has 50 heavy (non-hydrogen) atoms. The topological polar surface area (TPSA) is 116 Å². The Kier molecular flexibility index (Phi) is 8.25. The van der Waals surface area contributed by atoms with E-state index in [-0.39, 0.29) is 23.2 Å². The van der Waals surface area contributed by atoms with Crippen molar-refractivity contribution in [3.05, 3.63) is 36.2 Å². The number of piperidine rings is 3. The summed E-state index contributed by atoms with van der Waals surface area (Å²) < 4.78 is 31.3. The third kappa shape index (κ3) is 5.47. The highest BCUT2D eigenvalue weighted by Gasteiger charge is 2.56. The number of pyridine rings is 1. The van der Waals surface area contributed by atoms with Crippen molar-refractivity contribution < 1.29 is 13.2 Å². The van der Waals surface area contributed by atoms with Crippen LogP contribution in [0.15, 0.2) is 30.6 Å². The molecule has 4 aliphatic heterocycles. The fraction of sp³-hybridized carbons (Fsp3) is 0.658. The minimum Gasteiger partial charge on any atom is -0.366 e. The van der Waals surface area contributed by atoms with Crippen molar-refractivity contribution in [2.24, 2.45) is 0 Å². The zero-order valence-electron chi connectivity index (χ0n) is 29.6. The molecular formula is C38H52N8O3S. The van der Waals surface area contributed by atoms with Crippen LogP contribution in [0, 0.1) is 0 Å². The standard InChI is InChI=1S/C38H52N8O3S/c1-25(2)45-24-40-33-23-32(42-36(35(33)45)41-27-7-8-27)26-6-9-31-34(20-26)46(29-21-28(22-29)43-16-4-3-5-17-43)37(47)38(31)12-18-44(19-13-38)50(48,49)30-10-14-39-15-11-30/h6,9,20,23-25,27-30,39H,3-5,7-8,10-19,21-22H2,1-2H3,(H,41,42). The lowest BCUT2D eigenvalue weighted by Crippen LogP contribution is -2.58. The molecule has 9 rings (SSSR count). The Morgan fingerprint density at radius 3 is 2.38 bits per heavy atom. The summed E-state index contributed by atoms with van der Waals surface area (Å²) in [6, 6.07) is 9.97. The number of benzene rings is 1. The van der Waals surface area contributed by atoms with Crippen molar-refractivity contribution in [3.63, 3.8) is 0 Å². The van der Waals surface area contributed by atoms with E-state index in [1.54, 1.807) is 4.31 Å². The Hall–Kier alpha value is -3.06. The van der Waals surface area contributed by atoms with Crippen LogP contribution in [0.4, 0.5) is 11.5 Å². The Morgan fingerprint density at radius 1 is 0.940 bits per heavy atom. The van der Waals surface area contributed by atoms with Crippen LogP contribution in [0.25, 0.3) is 22.3 Å². The number of hydrogen-bond donors (Lipinski definition) is 2. The Morgan fingerprint density at radius 2 is 1.68 bits per heavy atom. The lowest BCUT2D eigenvalue weighted by Gasteiger charge is -2.48. The van der Waals surface area contributed by atoms with Crippen molar-refractivity contribution in [3.8, 4) is 11.3 Å². The third-order valence-corrected chi connectivity index (χ3v) is 15.1. The number of carbonyl (C=O) groups excluding carboxylic acids is 1. The van der Waals surface area contributed by atoms with E-state index in [2.05, 4.69) is 63.1 Å². The second-order valence-electron chi connectivity index (χ2n) is 16.1. The molecule has 3 aromatic rings. The molecule has 0 radical (unpaired) electrons. The van der Waals surface area contributed by atoms with Gasteiger partial charge in [0.2, 0.25) is 15.9 Å². The summed E-state index contributed by atoms with van der Waals surface area (Å²) in [5.74, 6) is 1.04. The van der Waals surface area contributed by atoms with Gasteiger partial charge in [-0.3, -0.25) is 4.79 Å². The van der Waals surface area contributed by atoms with E-state index in [0.29, 0.717) is 50.9 Å². The van der Waals surface area contributed by atoms with Gasteiger partial charge in [0.1, 0.15) is 5.52 Å². The fourth-order valence-electron chi connectivity index (χ4n) is 9.49. The number of nitrogens with zero attached hydrogens (tertiary/aromatic N) is 6. The lowest BCUT2D eigenvalue weighted by molar-refractivity contribution is -0.125. The van der Waals surface area contributed by atoms with Gasteiger partial charge >= 0.3 is 0 Å². The normalized spacial score (nSPS) is 26.5. The highest BCUT2D eigenvalue weighted by molar-refractivity contribution is 7.89.